The lowest BCUT2D eigenvalue weighted by molar-refractivity contribution is 0.404. The van der Waals surface area contributed by atoms with Crippen molar-refractivity contribution in [3.05, 3.63) is 77.2 Å². The van der Waals surface area contributed by atoms with Gasteiger partial charge in [-0.15, -0.1) is 11.3 Å². The predicted octanol–water partition coefficient (Wildman–Crippen LogP) is 4.32. The van der Waals surface area contributed by atoms with Gasteiger partial charge in [0.25, 0.3) is 0 Å². The second kappa shape index (κ2) is 9.25. The molecule has 7 heteroatoms. The quantitative estimate of drug-likeness (QED) is 0.564. The number of rotatable bonds is 8. The van der Waals surface area contributed by atoms with Crippen LogP contribution in [0.5, 0.6) is 11.5 Å². The lowest BCUT2D eigenvalue weighted by Gasteiger charge is -2.16. The molecule has 29 heavy (non-hydrogen) atoms. The number of hydrogen-bond donors (Lipinski definition) is 1. The number of benzene rings is 1. The second-order valence-corrected chi connectivity index (χ2v) is 7.22. The van der Waals surface area contributed by atoms with Crippen LogP contribution in [-0.2, 0) is 0 Å². The highest BCUT2D eigenvalue weighted by Gasteiger charge is 2.15. The van der Waals surface area contributed by atoms with Crippen molar-refractivity contribution in [2.24, 2.45) is 4.99 Å². The number of nitrogens with zero attached hydrogens (tertiary/aromatic N) is 3. The predicted molar refractivity (Wildman–Crippen MR) is 119 cm³/mol. The zero-order valence-corrected chi connectivity index (χ0v) is 17.6. The number of aromatic nitrogens is 2. The number of nitrogens with one attached hydrogen (secondary N) is 1. The molecule has 0 aliphatic heterocycles. The van der Waals surface area contributed by atoms with E-state index in [1.54, 1.807) is 20.4 Å². The number of methoxy groups -OCH3 is 2. The fourth-order valence-corrected chi connectivity index (χ4v) is 3.51. The summed E-state index contributed by atoms with van der Waals surface area (Å²) < 4.78 is 12.9. The number of hydrogen-bond acceptors (Lipinski definition) is 6. The number of ether oxygens (including phenoxy) is 2. The van der Waals surface area contributed by atoms with Gasteiger partial charge < -0.3 is 9.47 Å². The van der Waals surface area contributed by atoms with E-state index in [9.17, 15) is 0 Å². The van der Waals surface area contributed by atoms with E-state index in [2.05, 4.69) is 28.6 Å². The molecule has 1 N–H and O–H groups in total. The van der Waals surface area contributed by atoms with Crippen molar-refractivity contribution < 1.29 is 9.47 Å². The molecule has 0 saturated carbocycles. The van der Waals surface area contributed by atoms with Gasteiger partial charge in [-0.25, -0.2) is 4.68 Å². The molecule has 0 bridgehead atoms. The molecule has 3 rings (SSSR count). The number of thiazole rings is 1. The molecule has 0 aliphatic carbocycles. The highest BCUT2D eigenvalue weighted by molar-refractivity contribution is 7.07. The summed E-state index contributed by atoms with van der Waals surface area (Å²) in [6.45, 7) is 10.6. The fraction of sp³-hybridized carbons (Fsp3) is 0.182. The third-order valence-electron chi connectivity index (χ3n) is 4.10. The molecule has 0 radical (unpaired) electrons. The zero-order valence-electron chi connectivity index (χ0n) is 16.8. The Kier molecular flexibility index (Phi) is 6.51. The van der Waals surface area contributed by atoms with Gasteiger partial charge in [0.15, 0.2) is 0 Å². The normalized spacial score (nSPS) is 11.2. The van der Waals surface area contributed by atoms with Crippen LogP contribution >= 0.6 is 11.3 Å². The van der Waals surface area contributed by atoms with E-state index in [0.717, 1.165) is 38.8 Å². The molecule has 1 aromatic carbocycles. The van der Waals surface area contributed by atoms with Crippen LogP contribution in [0.25, 0.3) is 17.0 Å². The molecule has 150 valence electrons. The van der Waals surface area contributed by atoms with E-state index in [4.69, 9.17) is 9.47 Å². The maximum atomic E-state index is 5.58. The van der Waals surface area contributed by atoms with Gasteiger partial charge in [-0.3, -0.25) is 15.4 Å². The van der Waals surface area contributed by atoms with E-state index in [-0.39, 0.29) is 0 Å². The average Bonchev–Trinajstić information content (AvgIpc) is 3.14. The topological polar surface area (TPSA) is 60.7 Å². The van der Waals surface area contributed by atoms with Gasteiger partial charge in [0, 0.05) is 17.1 Å². The van der Waals surface area contributed by atoms with Gasteiger partial charge in [-0.1, -0.05) is 24.8 Å². The lowest BCUT2D eigenvalue weighted by Crippen LogP contribution is -2.26. The molecular weight excluding hydrogens is 384 g/mol. The summed E-state index contributed by atoms with van der Waals surface area (Å²) >= 11 is 1.52. The minimum absolute atomic E-state index is 0.535. The zero-order chi connectivity index (χ0) is 20.8. The highest BCUT2D eigenvalue weighted by Crippen LogP contribution is 2.33. The van der Waals surface area contributed by atoms with Crippen LogP contribution in [0.1, 0.15) is 12.6 Å². The highest BCUT2D eigenvalue weighted by atomic mass is 32.1. The van der Waals surface area contributed by atoms with Crippen LogP contribution in [-0.4, -0.2) is 30.4 Å². The fourth-order valence-electron chi connectivity index (χ4n) is 2.67. The summed E-state index contributed by atoms with van der Waals surface area (Å²) in [5.74, 6) is 1.47. The maximum absolute atomic E-state index is 5.58. The third-order valence-corrected chi connectivity index (χ3v) is 4.96. The van der Waals surface area contributed by atoms with Crippen LogP contribution in [0.3, 0.4) is 0 Å². The summed E-state index contributed by atoms with van der Waals surface area (Å²) in [5, 5.41) is 2.02. The van der Waals surface area contributed by atoms with Gasteiger partial charge in [-0.05, 0) is 37.3 Å². The van der Waals surface area contributed by atoms with E-state index in [1.807, 2.05) is 53.4 Å². The van der Waals surface area contributed by atoms with Gasteiger partial charge in [-0.2, -0.15) is 0 Å². The first kappa shape index (κ1) is 20.4. The van der Waals surface area contributed by atoms with E-state index in [0.29, 0.717) is 12.2 Å². The molecular formula is C22H24N4O2S. The molecule has 2 heterocycles. The van der Waals surface area contributed by atoms with Crippen molar-refractivity contribution in [1.82, 2.24) is 9.66 Å². The summed E-state index contributed by atoms with van der Waals surface area (Å²) in [7, 11) is 3.29. The molecule has 0 atom stereocenters. The summed E-state index contributed by atoms with van der Waals surface area (Å²) in [6, 6.07) is 11.4. The number of pyridine rings is 1. The Morgan fingerprint density at radius 3 is 2.69 bits per heavy atom. The molecule has 2 aromatic heterocycles. The van der Waals surface area contributed by atoms with Crippen molar-refractivity contribution in [3.63, 3.8) is 0 Å². The average molecular weight is 409 g/mol. The van der Waals surface area contributed by atoms with Crippen molar-refractivity contribution in [2.45, 2.75) is 6.92 Å². The molecule has 0 aliphatic rings. The van der Waals surface area contributed by atoms with Gasteiger partial charge in [0.05, 0.1) is 37.8 Å². The SMILES string of the molecule is C=C(C)CN=c1scc(-c2cc(OC)ccc2OC)n1NC(=C)c1ccccn1. The standard InChI is InChI=1S/C22H24N4O2S/c1-15(2)13-24-22-26(25-16(3)19-8-6-7-11-23-19)20(14-29-22)18-12-17(27-4)9-10-21(18)28-5/h6-12,14,25H,1,3,13H2,2,4-5H3. The van der Waals surface area contributed by atoms with Crippen molar-refractivity contribution in [1.29, 1.82) is 0 Å². The Balaban J connectivity index is 2.12. The van der Waals surface area contributed by atoms with Gasteiger partial charge in [0.2, 0.25) is 4.80 Å². The van der Waals surface area contributed by atoms with Crippen LogP contribution in [0.15, 0.2) is 71.7 Å². The van der Waals surface area contributed by atoms with E-state index < -0.39 is 0 Å². The second-order valence-electron chi connectivity index (χ2n) is 6.38. The summed E-state index contributed by atoms with van der Waals surface area (Å²) in [5.41, 5.74) is 7.48. The van der Waals surface area contributed by atoms with Crippen LogP contribution < -0.4 is 19.7 Å². The smallest absolute Gasteiger partial charge is 0.204 e. The van der Waals surface area contributed by atoms with Gasteiger partial charge >= 0.3 is 0 Å². The minimum atomic E-state index is 0.535. The van der Waals surface area contributed by atoms with Crippen LogP contribution in [0.2, 0.25) is 0 Å². The molecule has 0 unspecified atom stereocenters. The van der Waals surface area contributed by atoms with Crippen molar-refractivity contribution in [2.75, 3.05) is 26.2 Å². The summed E-state index contributed by atoms with van der Waals surface area (Å²) in [4.78, 5) is 9.83. The Hall–Kier alpha value is -3.32. The third kappa shape index (κ3) is 4.75. The van der Waals surface area contributed by atoms with E-state index >= 15 is 0 Å². The molecule has 0 spiro atoms. The first-order chi connectivity index (χ1) is 14.0. The molecule has 3 aromatic rings. The minimum Gasteiger partial charge on any atom is -0.497 e. The van der Waals surface area contributed by atoms with Crippen LogP contribution in [0, 0.1) is 0 Å². The Morgan fingerprint density at radius 2 is 2.03 bits per heavy atom. The largest absolute Gasteiger partial charge is 0.497 e. The van der Waals surface area contributed by atoms with Crippen molar-refractivity contribution in [3.8, 4) is 22.8 Å². The molecule has 0 saturated heterocycles. The Morgan fingerprint density at radius 1 is 1.21 bits per heavy atom. The first-order valence-electron chi connectivity index (χ1n) is 8.98. The Bertz CT molecular complexity index is 1080. The Labute approximate surface area is 174 Å². The summed E-state index contributed by atoms with van der Waals surface area (Å²) in [6.07, 6.45) is 1.73. The van der Waals surface area contributed by atoms with Crippen LogP contribution in [0.4, 0.5) is 0 Å². The first-order valence-corrected chi connectivity index (χ1v) is 9.86. The van der Waals surface area contributed by atoms with Gasteiger partial charge in [0.1, 0.15) is 11.5 Å². The molecule has 0 amide bonds. The van der Waals surface area contributed by atoms with Crippen molar-refractivity contribution >= 4 is 17.0 Å². The van der Waals surface area contributed by atoms with E-state index in [1.165, 1.54) is 11.3 Å². The molecule has 6 nitrogen and oxygen atoms in total. The lowest BCUT2D eigenvalue weighted by atomic mass is 10.1. The maximum Gasteiger partial charge on any atom is 0.204 e. The monoisotopic (exact) mass is 408 g/mol. The molecule has 0 fully saturated rings.